The summed E-state index contributed by atoms with van der Waals surface area (Å²) in [6, 6.07) is 13.8. The molecule has 2 aromatic heterocycles. The highest BCUT2D eigenvalue weighted by Crippen LogP contribution is 2.28. The maximum absolute atomic E-state index is 5.66. The zero-order valence-electron chi connectivity index (χ0n) is 18.0. The van der Waals surface area contributed by atoms with Gasteiger partial charge in [0.15, 0.2) is 17.1 Å². The van der Waals surface area contributed by atoms with Crippen LogP contribution in [0.1, 0.15) is 32.8 Å². The molecule has 2 heterocycles. The van der Waals surface area contributed by atoms with Gasteiger partial charge in [-0.25, -0.2) is 5.43 Å². The van der Waals surface area contributed by atoms with E-state index in [4.69, 9.17) is 9.47 Å². The van der Waals surface area contributed by atoms with E-state index >= 15 is 0 Å². The smallest absolute Gasteiger partial charge is 0.265 e. The van der Waals surface area contributed by atoms with Crippen LogP contribution in [0.3, 0.4) is 0 Å². The lowest BCUT2D eigenvalue weighted by Crippen LogP contribution is -2.03. The summed E-state index contributed by atoms with van der Waals surface area (Å²) in [7, 11) is 0. The molecule has 0 aliphatic rings. The Bertz CT molecular complexity index is 1220. The number of aryl methyl sites for hydroxylation is 1. The average molecular weight is 419 g/mol. The van der Waals surface area contributed by atoms with Gasteiger partial charge in [-0.1, -0.05) is 25.1 Å². The maximum Gasteiger partial charge on any atom is 0.265 e. The summed E-state index contributed by atoms with van der Waals surface area (Å²) in [5.74, 6) is 1.76. The van der Waals surface area contributed by atoms with Crippen LogP contribution in [0.2, 0.25) is 0 Å². The number of aromatic nitrogens is 4. The number of fused-ring (bicyclic) bond motifs is 3. The summed E-state index contributed by atoms with van der Waals surface area (Å²) >= 11 is 0. The Morgan fingerprint density at radius 3 is 2.61 bits per heavy atom. The van der Waals surface area contributed by atoms with E-state index in [1.807, 2.05) is 50.2 Å². The predicted molar refractivity (Wildman–Crippen MR) is 123 cm³/mol. The molecule has 160 valence electrons. The van der Waals surface area contributed by atoms with E-state index in [9.17, 15) is 0 Å². The van der Waals surface area contributed by atoms with Gasteiger partial charge in [0.2, 0.25) is 0 Å². The van der Waals surface area contributed by atoms with Crippen LogP contribution < -0.4 is 14.9 Å². The van der Waals surface area contributed by atoms with Gasteiger partial charge in [0.05, 0.1) is 24.9 Å². The van der Waals surface area contributed by atoms with E-state index in [1.165, 1.54) is 0 Å². The van der Waals surface area contributed by atoms with E-state index < -0.39 is 0 Å². The first-order chi connectivity index (χ1) is 15.2. The van der Waals surface area contributed by atoms with E-state index in [1.54, 1.807) is 6.21 Å². The molecular formula is C23H26N6O2. The van der Waals surface area contributed by atoms with Crippen LogP contribution in [0.4, 0.5) is 5.95 Å². The molecule has 0 spiro atoms. The Morgan fingerprint density at radius 1 is 1.00 bits per heavy atom. The molecule has 31 heavy (non-hydrogen) atoms. The quantitative estimate of drug-likeness (QED) is 0.315. The molecule has 0 fully saturated rings. The van der Waals surface area contributed by atoms with Crippen LogP contribution in [-0.2, 0) is 6.54 Å². The molecule has 2 aromatic carbocycles. The van der Waals surface area contributed by atoms with Crippen molar-refractivity contribution in [1.82, 2.24) is 19.7 Å². The third-order valence-electron chi connectivity index (χ3n) is 4.77. The van der Waals surface area contributed by atoms with Crippen molar-refractivity contribution < 1.29 is 9.47 Å². The predicted octanol–water partition coefficient (Wildman–Crippen LogP) is 4.63. The minimum Gasteiger partial charge on any atom is -0.490 e. The summed E-state index contributed by atoms with van der Waals surface area (Å²) in [6.45, 7) is 8.03. The molecule has 4 rings (SSSR count). The number of anilines is 1. The van der Waals surface area contributed by atoms with Gasteiger partial charge in [-0.05, 0) is 50.1 Å². The zero-order valence-corrected chi connectivity index (χ0v) is 18.0. The van der Waals surface area contributed by atoms with Crippen molar-refractivity contribution in [3.05, 3.63) is 48.0 Å². The number of nitrogens with one attached hydrogen (secondary N) is 1. The lowest BCUT2D eigenvalue weighted by atomic mass is 10.2. The first-order valence-electron chi connectivity index (χ1n) is 10.6. The molecule has 0 atom stereocenters. The zero-order chi connectivity index (χ0) is 21.6. The fraction of sp³-hybridized carbons (Fsp3) is 0.304. The van der Waals surface area contributed by atoms with E-state index in [0.29, 0.717) is 24.9 Å². The van der Waals surface area contributed by atoms with Crippen molar-refractivity contribution in [2.45, 2.75) is 33.7 Å². The molecule has 0 radical (unpaired) electrons. The van der Waals surface area contributed by atoms with E-state index in [0.717, 1.165) is 46.3 Å². The van der Waals surface area contributed by atoms with Gasteiger partial charge in [-0.3, -0.25) is 0 Å². The Balaban J connectivity index is 1.59. The molecule has 4 aromatic rings. The van der Waals surface area contributed by atoms with Gasteiger partial charge >= 0.3 is 0 Å². The minimum absolute atomic E-state index is 0.347. The number of rotatable bonds is 9. The number of hydrogen-bond donors (Lipinski definition) is 1. The Morgan fingerprint density at radius 2 is 1.81 bits per heavy atom. The summed E-state index contributed by atoms with van der Waals surface area (Å²) in [5, 5.41) is 13.9. The third kappa shape index (κ3) is 4.28. The SMILES string of the molecule is CCCn1c2ccccc2c2nnc(N/N=C/c3ccc(OCC)c(OCC)c3)nc21. The summed E-state index contributed by atoms with van der Waals surface area (Å²) < 4.78 is 13.4. The van der Waals surface area contributed by atoms with E-state index in [-0.39, 0.29) is 0 Å². The molecule has 0 aliphatic carbocycles. The van der Waals surface area contributed by atoms with Crippen molar-refractivity contribution in [3.63, 3.8) is 0 Å². The van der Waals surface area contributed by atoms with E-state index in [2.05, 4.69) is 43.3 Å². The highest BCUT2D eigenvalue weighted by molar-refractivity contribution is 6.04. The molecule has 0 bridgehead atoms. The van der Waals surface area contributed by atoms with Crippen LogP contribution in [-0.4, -0.2) is 39.2 Å². The highest BCUT2D eigenvalue weighted by atomic mass is 16.5. The normalized spacial score (nSPS) is 11.5. The minimum atomic E-state index is 0.347. The standard InChI is InChI=1S/C23H26N6O2/c1-4-13-29-18-10-8-7-9-17(18)21-22(29)25-23(28-26-21)27-24-15-16-11-12-19(30-5-2)20(14-16)31-6-3/h7-12,14-15H,4-6,13H2,1-3H3,(H,25,27,28)/b24-15+. The maximum atomic E-state index is 5.66. The van der Waals surface area contributed by atoms with Crippen molar-refractivity contribution >= 4 is 34.2 Å². The number of nitrogens with zero attached hydrogens (tertiary/aromatic N) is 5. The average Bonchev–Trinajstić information content (AvgIpc) is 3.09. The monoisotopic (exact) mass is 418 g/mol. The van der Waals surface area contributed by atoms with Crippen LogP contribution >= 0.6 is 0 Å². The van der Waals surface area contributed by atoms with Crippen LogP contribution in [0, 0.1) is 0 Å². The van der Waals surface area contributed by atoms with Crippen molar-refractivity contribution in [2.24, 2.45) is 5.10 Å². The van der Waals surface area contributed by atoms with Gasteiger partial charge < -0.3 is 14.0 Å². The van der Waals surface area contributed by atoms with Crippen LogP contribution in [0.5, 0.6) is 11.5 Å². The lowest BCUT2D eigenvalue weighted by molar-refractivity contribution is 0.288. The summed E-state index contributed by atoms with van der Waals surface area (Å²) in [4.78, 5) is 4.67. The molecule has 0 aliphatic heterocycles. The Labute approximate surface area is 180 Å². The topological polar surface area (TPSA) is 86.5 Å². The largest absolute Gasteiger partial charge is 0.490 e. The highest BCUT2D eigenvalue weighted by Gasteiger charge is 2.13. The molecule has 8 heteroatoms. The molecule has 0 amide bonds. The number of para-hydroxylation sites is 1. The molecule has 8 nitrogen and oxygen atoms in total. The number of ether oxygens (including phenoxy) is 2. The molecular weight excluding hydrogens is 392 g/mol. The summed E-state index contributed by atoms with van der Waals surface area (Å²) in [5.41, 5.74) is 6.47. The second kappa shape index (κ2) is 9.42. The van der Waals surface area contributed by atoms with Crippen molar-refractivity contribution in [1.29, 1.82) is 0 Å². The fourth-order valence-corrected chi connectivity index (χ4v) is 3.51. The van der Waals surface area contributed by atoms with Gasteiger partial charge in [0, 0.05) is 11.9 Å². The molecule has 0 unspecified atom stereocenters. The molecule has 0 saturated carbocycles. The van der Waals surface area contributed by atoms with Crippen molar-refractivity contribution in [3.8, 4) is 11.5 Å². The second-order valence-corrected chi connectivity index (χ2v) is 6.92. The van der Waals surface area contributed by atoms with Gasteiger partial charge in [-0.2, -0.15) is 10.1 Å². The van der Waals surface area contributed by atoms with Gasteiger partial charge in [0.1, 0.15) is 5.52 Å². The second-order valence-electron chi connectivity index (χ2n) is 6.92. The first kappa shape index (κ1) is 20.6. The van der Waals surface area contributed by atoms with Crippen LogP contribution in [0.15, 0.2) is 47.6 Å². The van der Waals surface area contributed by atoms with Gasteiger partial charge in [0.25, 0.3) is 5.95 Å². The Kier molecular flexibility index (Phi) is 6.26. The summed E-state index contributed by atoms with van der Waals surface area (Å²) in [6.07, 6.45) is 2.69. The van der Waals surface area contributed by atoms with Crippen LogP contribution in [0.25, 0.3) is 22.1 Å². The molecule has 1 N–H and O–H groups in total. The Hall–Kier alpha value is -3.68. The first-order valence-corrected chi connectivity index (χ1v) is 10.6. The van der Waals surface area contributed by atoms with Gasteiger partial charge in [-0.15, -0.1) is 10.2 Å². The third-order valence-corrected chi connectivity index (χ3v) is 4.77. The molecule has 0 saturated heterocycles. The number of benzene rings is 2. The lowest BCUT2D eigenvalue weighted by Gasteiger charge is -2.11. The fourth-order valence-electron chi connectivity index (χ4n) is 3.51. The number of hydrazone groups is 1. The van der Waals surface area contributed by atoms with Crippen molar-refractivity contribution in [2.75, 3.05) is 18.6 Å². The number of hydrogen-bond acceptors (Lipinski definition) is 7.